The average molecular weight is 226 g/mol. The van der Waals surface area contributed by atoms with Crippen molar-refractivity contribution < 1.29 is 4.79 Å². The van der Waals surface area contributed by atoms with Crippen molar-refractivity contribution in [3.8, 4) is 0 Å². The minimum absolute atomic E-state index is 0.155. The Labute approximate surface area is 99.4 Å². The summed E-state index contributed by atoms with van der Waals surface area (Å²) in [6.07, 6.45) is 2.94. The fourth-order valence-corrected chi connectivity index (χ4v) is 2.81. The summed E-state index contributed by atoms with van der Waals surface area (Å²) in [6, 6.07) is 0.213. The quantitative estimate of drug-likeness (QED) is 0.798. The van der Waals surface area contributed by atoms with Gasteiger partial charge in [0.05, 0.1) is 0 Å². The molecule has 1 aliphatic rings. The zero-order valence-corrected chi connectivity index (χ0v) is 11.1. The Morgan fingerprint density at radius 2 is 2.00 bits per heavy atom. The molecule has 0 aliphatic heterocycles. The summed E-state index contributed by atoms with van der Waals surface area (Å²) < 4.78 is 0. The van der Waals surface area contributed by atoms with Crippen LogP contribution in [-0.4, -0.2) is 30.4 Å². The fourth-order valence-electron chi connectivity index (χ4n) is 2.81. The molecule has 2 N–H and O–H groups in total. The van der Waals surface area contributed by atoms with E-state index in [1.165, 1.54) is 0 Å². The van der Waals surface area contributed by atoms with E-state index in [-0.39, 0.29) is 17.9 Å². The Morgan fingerprint density at radius 1 is 1.38 bits per heavy atom. The summed E-state index contributed by atoms with van der Waals surface area (Å²) in [4.78, 5) is 14.1. The molecule has 1 fully saturated rings. The highest BCUT2D eigenvalue weighted by molar-refractivity contribution is 5.78. The molecule has 1 aliphatic carbocycles. The minimum Gasteiger partial charge on any atom is -0.345 e. The Kier molecular flexibility index (Phi) is 4.78. The maximum Gasteiger partial charge on any atom is 0.225 e. The number of amides is 1. The molecule has 1 amide bonds. The molecule has 0 saturated heterocycles. The predicted octanol–water partition coefficient (Wildman–Crippen LogP) is 1.86. The molecular formula is C13H26N2O. The van der Waals surface area contributed by atoms with Crippen molar-refractivity contribution in [2.75, 3.05) is 13.6 Å². The molecule has 94 valence electrons. The maximum absolute atomic E-state index is 12.2. The van der Waals surface area contributed by atoms with Gasteiger partial charge < -0.3 is 10.6 Å². The van der Waals surface area contributed by atoms with Crippen LogP contribution < -0.4 is 5.73 Å². The molecule has 0 radical (unpaired) electrons. The Morgan fingerprint density at radius 3 is 2.50 bits per heavy atom. The first-order valence-corrected chi connectivity index (χ1v) is 6.40. The van der Waals surface area contributed by atoms with Crippen molar-refractivity contribution in [2.45, 2.75) is 46.1 Å². The SMILES string of the molecule is CC(C)CN(C)C(=O)C1CC(C)CC(N)C1. The maximum atomic E-state index is 12.2. The van der Waals surface area contributed by atoms with E-state index >= 15 is 0 Å². The van der Waals surface area contributed by atoms with E-state index in [0.29, 0.717) is 11.8 Å². The van der Waals surface area contributed by atoms with Gasteiger partial charge in [-0.25, -0.2) is 0 Å². The van der Waals surface area contributed by atoms with E-state index < -0.39 is 0 Å². The summed E-state index contributed by atoms with van der Waals surface area (Å²) in [5.74, 6) is 1.56. The molecule has 0 spiro atoms. The van der Waals surface area contributed by atoms with Gasteiger partial charge in [-0.15, -0.1) is 0 Å². The number of carbonyl (C=O) groups is 1. The fraction of sp³-hybridized carbons (Fsp3) is 0.923. The second-order valence-electron chi connectivity index (χ2n) is 5.88. The van der Waals surface area contributed by atoms with Crippen LogP contribution in [0, 0.1) is 17.8 Å². The van der Waals surface area contributed by atoms with E-state index in [4.69, 9.17) is 5.73 Å². The first-order valence-electron chi connectivity index (χ1n) is 6.40. The van der Waals surface area contributed by atoms with Crippen LogP contribution >= 0.6 is 0 Å². The third-order valence-electron chi connectivity index (χ3n) is 3.34. The summed E-state index contributed by atoms with van der Waals surface area (Å²) in [5, 5.41) is 0. The van der Waals surface area contributed by atoms with Crippen LogP contribution in [0.5, 0.6) is 0 Å². The first kappa shape index (κ1) is 13.5. The molecule has 3 nitrogen and oxygen atoms in total. The van der Waals surface area contributed by atoms with E-state index in [1.807, 2.05) is 11.9 Å². The van der Waals surface area contributed by atoms with Crippen molar-refractivity contribution in [1.29, 1.82) is 0 Å². The number of rotatable bonds is 3. The second kappa shape index (κ2) is 5.67. The van der Waals surface area contributed by atoms with Gasteiger partial charge in [-0.05, 0) is 31.1 Å². The molecule has 0 aromatic carbocycles. The lowest BCUT2D eigenvalue weighted by atomic mass is 9.79. The highest BCUT2D eigenvalue weighted by Gasteiger charge is 2.30. The second-order valence-corrected chi connectivity index (χ2v) is 5.88. The van der Waals surface area contributed by atoms with Crippen LogP contribution in [0.25, 0.3) is 0 Å². The molecule has 0 aromatic rings. The van der Waals surface area contributed by atoms with Crippen LogP contribution in [0.4, 0.5) is 0 Å². The van der Waals surface area contributed by atoms with Crippen molar-refractivity contribution >= 4 is 5.91 Å². The number of nitrogens with zero attached hydrogens (tertiary/aromatic N) is 1. The smallest absolute Gasteiger partial charge is 0.225 e. The van der Waals surface area contributed by atoms with Gasteiger partial charge in [-0.1, -0.05) is 20.8 Å². The highest BCUT2D eigenvalue weighted by atomic mass is 16.2. The van der Waals surface area contributed by atoms with Crippen molar-refractivity contribution in [2.24, 2.45) is 23.5 Å². The lowest BCUT2D eigenvalue weighted by Crippen LogP contribution is -2.41. The number of hydrogen-bond donors (Lipinski definition) is 1. The van der Waals surface area contributed by atoms with Gasteiger partial charge in [0.25, 0.3) is 0 Å². The van der Waals surface area contributed by atoms with Gasteiger partial charge in [0, 0.05) is 25.6 Å². The largest absolute Gasteiger partial charge is 0.345 e. The molecule has 16 heavy (non-hydrogen) atoms. The Balaban J connectivity index is 2.52. The van der Waals surface area contributed by atoms with Gasteiger partial charge in [0.2, 0.25) is 5.91 Å². The highest BCUT2D eigenvalue weighted by Crippen LogP contribution is 2.29. The molecule has 0 aromatic heterocycles. The molecule has 3 heteroatoms. The van der Waals surface area contributed by atoms with Gasteiger partial charge >= 0.3 is 0 Å². The van der Waals surface area contributed by atoms with Crippen LogP contribution in [0.15, 0.2) is 0 Å². The van der Waals surface area contributed by atoms with Gasteiger partial charge in [-0.3, -0.25) is 4.79 Å². The zero-order chi connectivity index (χ0) is 12.3. The molecular weight excluding hydrogens is 200 g/mol. The topological polar surface area (TPSA) is 46.3 Å². The van der Waals surface area contributed by atoms with Crippen molar-refractivity contribution in [1.82, 2.24) is 4.90 Å². The summed E-state index contributed by atoms with van der Waals surface area (Å²) in [7, 11) is 1.91. The third-order valence-corrected chi connectivity index (χ3v) is 3.34. The lowest BCUT2D eigenvalue weighted by Gasteiger charge is -2.33. The van der Waals surface area contributed by atoms with Crippen LogP contribution in [-0.2, 0) is 4.79 Å². The predicted molar refractivity (Wildman–Crippen MR) is 67.0 cm³/mol. The molecule has 3 unspecified atom stereocenters. The summed E-state index contributed by atoms with van der Waals surface area (Å²) in [5.41, 5.74) is 5.98. The van der Waals surface area contributed by atoms with Gasteiger partial charge in [0.15, 0.2) is 0 Å². The van der Waals surface area contributed by atoms with Crippen molar-refractivity contribution in [3.63, 3.8) is 0 Å². The monoisotopic (exact) mass is 226 g/mol. The summed E-state index contributed by atoms with van der Waals surface area (Å²) >= 11 is 0. The van der Waals surface area contributed by atoms with Gasteiger partial charge in [0.1, 0.15) is 0 Å². The molecule has 0 heterocycles. The minimum atomic E-state index is 0.155. The average Bonchev–Trinajstić information content (AvgIpc) is 2.13. The third kappa shape index (κ3) is 3.78. The van der Waals surface area contributed by atoms with E-state index in [2.05, 4.69) is 20.8 Å². The molecule has 1 saturated carbocycles. The molecule has 1 rings (SSSR count). The normalized spacial score (nSPS) is 30.5. The van der Waals surface area contributed by atoms with E-state index in [0.717, 1.165) is 25.8 Å². The van der Waals surface area contributed by atoms with Crippen molar-refractivity contribution in [3.05, 3.63) is 0 Å². The van der Waals surface area contributed by atoms with Crippen LogP contribution in [0.2, 0.25) is 0 Å². The number of hydrogen-bond acceptors (Lipinski definition) is 2. The number of nitrogens with two attached hydrogens (primary N) is 1. The van der Waals surface area contributed by atoms with Crippen LogP contribution in [0.3, 0.4) is 0 Å². The first-order chi connectivity index (χ1) is 7.40. The number of carbonyl (C=O) groups excluding carboxylic acids is 1. The van der Waals surface area contributed by atoms with Crippen LogP contribution in [0.1, 0.15) is 40.0 Å². The zero-order valence-electron chi connectivity index (χ0n) is 11.1. The van der Waals surface area contributed by atoms with E-state index in [1.54, 1.807) is 0 Å². The standard InChI is InChI=1S/C13H26N2O/c1-9(2)8-15(4)13(16)11-5-10(3)6-12(14)7-11/h9-12H,5-8,14H2,1-4H3. The molecule has 3 atom stereocenters. The Bertz CT molecular complexity index is 230. The summed E-state index contributed by atoms with van der Waals surface area (Å²) in [6.45, 7) is 7.32. The van der Waals surface area contributed by atoms with E-state index in [9.17, 15) is 4.79 Å². The Hall–Kier alpha value is -0.570. The van der Waals surface area contributed by atoms with Gasteiger partial charge in [-0.2, -0.15) is 0 Å². The molecule has 0 bridgehead atoms. The lowest BCUT2D eigenvalue weighted by molar-refractivity contribution is -0.136.